The Morgan fingerprint density at radius 1 is 1.50 bits per heavy atom. The Kier molecular flexibility index (Phi) is 4.53. The molecule has 1 aliphatic carbocycles. The van der Waals surface area contributed by atoms with Crippen LogP contribution in [0.3, 0.4) is 0 Å². The summed E-state index contributed by atoms with van der Waals surface area (Å²) in [7, 11) is -3.58. The van der Waals surface area contributed by atoms with Gasteiger partial charge in [0.1, 0.15) is 4.90 Å². The molecule has 1 heterocycles. The molecule has 0 amide bonds. The van der Waals surface area contributed by atoms with Gasteiger partial charge >= 0.3 is 0 Å². The summed E-state index contributed by atoms with van der Waals surface area (Å²) in [6.07, 6.45) is 5.51. The zero-order valence-electron chi connectivity index (χ0n) is 11.3. The third-order valence-electron chi connectivity index (χ3n) is 3.64. The highest BCUT2D eigenvalue weighted by molar-refractivity contribution is 7.89. The Labute approximate surface area is 124 Å². The van der Waals surface area contributed by atoms with Crippen molar-refractivity contribution in [1.29, 1.82) is 0 Å². The number of pyridine rings is 1. The van der Waals surface area contributed by atoms with Crippen LogP contribution in [0.25, 0.3) is 0 Å². The van der Waals surface area contributed by atoms with E-state index < -0.39 is 10.0 Å². The van der Waals surface area contributed by atoms with Crippen molar-refractivity contribution < 1.29 is 8.42 Å². The molecule has 0 saturated heterocycles. The fourth-order valence-electron chi connectivity index (χ4n) is 2.23. The van der Waals surface area contributed by atoms with Crippen molar-refractivity contribution in [1.82, 2.24) is 9.71 Å². The third-order valence-corrected chi connectivity index (χ3v) is 5.29. The van der Waals surface area contributed by atoms with Crippen LogP contribution in [0, 0.1) is 5.41 Å². The lowest BCUT2D eigenvalue weighted by molar-refractivity contribution is 0.449. The van der Waals surface area contributed by atoms with Gasteiger partial charge in [-0.1, -0.05) is 24.9 Å². The maximum atomic E-state index is 12.2. The van der Waals surface area contributed by atoms with Crippen molar-refractivity contribution in [3.8, 4) is 0 Å². The van der Waals surface area contributed by atoms with Crippen LogP contribution in [0.5, 0.6) is 0 Å². The number of aromatic nitrogens is 1. The van der Waals surface area contributed by atoms with Crippen molar-refractivity contribution >= 4 is 27.4 Å². The summed E-state index contributed by atoms with van der Waals surface area (Å²) < 4.78 is 27.1. The molecule has 1 aliphatic rings. The molecule has 6 nitrogen and oxygen atoms in total. The summed E-state index contributed by atoms with van der Waals surface area (Å²) >= 11 is 5.89. The van der Waals surface area contributed by atoms with Crippen molar-refractivity contribution in [2.75, 3.05) is 12.0 Å². The summed E-state index contributed by atoms with van der Waals surface area (Å²) in [6, 6.07) is 1.34. The van der Waals surface area contributed by atoms with E-state index >= 15 is 0 Å². The van der Waals surface area contributed by atoms with Crippen LogP contribution in [0.15, 0.2) is 17.2 Å². The number of hydrogen-bond donors (Lipinski definition) is 3. The fourth-order valence-corrected chi connectivity index (χ4v) is 3.64. The van der Waals surface area contributed by atoms with Gasteiger partial charge in [-0.15, -0.1) is 0 Å². The van der Waals surface area contributed by atoms with Gasteiger partial charge in [0.25, 0.3) is 0 Å². The second kappa shape index (κ2) is 5.85. The van der Waals surface area contributed by atoms with Crippen molar-refractivity contribution in [3.63, 3.8) is 0 Å². The zero-order valence-corrected chi connectivity index (χ0v) is 12.9. The Morgan fingerprint density at radius 3 is 2.70 bits per heavy atom. The Balaban J connectivity index is 2.09. The predicted molar refractivity (Wildman–Crippen MR) is 78.8 cm³/mol. The molecule has 0 aromatic carbocycles. The first kappa shape index (κ1) is 15.5. The van der Waals surface area contributed by atoms with Gasteiger partial charge in [0.15, 0.2) is 5.82 Å². The van der Waals surface area contributed by atoms with E-state index in [0.717, 1.165) is 25.7 Å². The van der Waals surface area contributed by atoms with E-state index in [4.69, 9.17) is 17.4 Å². The van der Waals surface area contributed by atoms with Crippen LogP contribution in [0.1, 0.15) is 32.6 Å². The van der Waals surface area contributed by atoms with Gasteiger partial charge in [0.2, 0.25) is 10.0 Å². The second-order valence-corrected chi connectivity index (χ2v) is 7.39. The molecule has 1 saturated carbocycles. The largest absolute Gasteiger partial charge is 0.307 e. The molecule has 0 unspecified atom stereocenters. The Morgan fingerprint density at radius 2 is 2.20 bits per heavy atom. The van der Waals surface area contributed by atoms with Crippen LogP contribution in [0.2, 0.25) is 5.02 Å². The molecule has 4 N–H and O–H groups in total. The van der Waals surface area contributed by atoms with Gasteiger partial charge in [0, 0.05) is 12.7 Å². The predicted octanol–water partition coefficient (Wildman–Crippen LogP) is 1.88. The van der Waals surface area contributed by atoms with Gasteiger partial charge in [-0.2, -0.15) is 0 Å². The van der Waals surface area contributed by atoms with Crippen molar-refractivity contribution in [2.45, 2.75) is 37.5 Å². The topological polar surface area (TPSA) is 97.1 Å². The first-order chi connectivity index (χ1) is 9.42. The van der Waals surface area contributed by atoms with Gasteiger partial charge in [-0.05, 0) is 30.7 Å². The second-order valence-electron chi connectivity index (χ2n) is 5.22. The van der Waals surface area contributed by atoms with Crippen molar-refractivity contribution in [2.24, 2.45) is 11.3 Å². The number of nitrogens with one attached hydrogen (secondary N) is 2. The normalized spacial score (nSPS) is 16.9. The highest BCUT2D eigenvalue weighted by Crippen LogP contribution is 2.49. The van der Waals surface area contributed by atoms with E-state index in [1.54, 1.807) is 0 Å². The average molecular weight is 319 g/mol. The highest BCUT2D eigenvalue weighted by Gasteiger charge is 2.42. The SMILES string of the molecule is CCCC1(CNS(=O)(=O)c2cnc(NN)c(Cl)c2)CC1. The van der Waals surface area contributed by atoms with Crippen LogP contribution in [-0.4, -0.2) is 19.9 Å². The number of sulfonamides is 1. The molecule has 1 aromatic rings. The van der Waals surface area contributed by atoms with E-state index in [1.807, 2.05) is 0 Å². The maximum absolute atomic E-state index is 12.2. The average Bonchev–Trinajstić information content (AvgIpc) is 3.17. The quantitative estimate of drug-likeness (QED) is 0.527. The molecule has 0 radical (unpaired) electrons. The van der Waals surface area contributed by atoms with Crippen molar-refractivity contribution in [3.05, 3.63) is 17.3 Å². The highest BCUT2D eigenvalue weighted by atomic mass is 35.5. The van der Waals surface area contributed by atoms with Crippen LogP contribution in [-0.2, 0) is 10.0 Å². The van der Waals surface area contributed by atoms with E-state index in [2.05, 4.69) is 22.1 Å². The van der Waals surface area contributed by atoms with Crippen LogP contribution in [0.4, 0.5) is 5.82 Å². The Bertz CT molecular complexity index is 587. The number of halogens is 1. The smallest absolute Gasteiger partial charge is 0.242 e. The summed E-state index contributed by atoms with van der Waals surface area (Å²) in [5.41, 5.74) is 2.45. The Hall–Kier alpha value is -0.890. The standard InChI is InChI=1S/C12H19ClN4O2S/c1-2-3-12(4-5-12)8-16-20(18,19)9-6-10(13)11(17-14)15-7-9/h6-7,16H,2-5,8,14H2,1H3,(H,15,17). The molecule has 112 valence electrons. The molecule has 0 bridgehead atoms. The first-order valence-electron chi connectivity index (χ1n) is 6.54. The molecule has 8 heteroatoms. The summed E-state index contributed by atoms with van der Waals surface area (Å²) in [4.78, 5) is 3.92. The van der Waals surface area contributed by atoms with Gasteiger partial charge < -0.3 is 5.43 Å². The van der Waals surface area contributed by atoms with Gasteiger partial charge in [-0.3, -0.25) is 0 Å². The van der Waals surface area contributed by atoms with Gasteiger partial charge in [-0.25, -0.2) is 24.0 Å². The number of hydrogen-bond acceptors (Lipinski definition) is 5. The number of anilines is 1. The molecule has 2 rings (SSSR count). The molecular formula is C12H19ClN4O2S. The number of rotatable bonds is 7. The number of nitrogens with two attached hydrogens (primary N) is 1. The monoisotopic (exact) mass is 318 g/mol. The van der Waals surface area contributed by atoms with E-state index in [-0.39, 0.29) is 21.2 Å². The number of hydrazine groups is 1. The number of nitrogens with zero attached hydrogens (tertiary/aromatic N) is 1. The lowest BCUT2D eigenvalue weighted by Crippen LogP contribution is -2.30. The summed E-state index contributed by atoms with van der Waals surface area (Å²) in [5, 5.41) is 0.171. The molecule has 1 aromatic heterocycles. The molecule has 1 fully saturated rings. The van der Waals surface area contributed by atoms with Gasteiger partial charge in [0.05, 0.1) is 5.02 Å². The molecule has 20 heavy (non-hydrogen) atoms. The maximum Gasteiger partial charge on any atom is 0.242 e. The lowest BCUT2D eigenvalue weighted by Gasteiger charge is -2.15. The third kappa shape index (κ3) is 3.41. The number of nitrogen functional groups attached to an aromatic ring is 1. The van der Waals surface area contributed by atoms with Crippen LogP contribution >= 0.6 is 11.6 Å². The first-order valence-corrected chi connectivity index (χ1v) is 8.40. The lowest BCUT2D eigenvalue weighted by atomic mass is 10.0. The summed E-state index contributed by atoms with van der Waals surface area (Å²) in [6.45, 7) is 2.58. The molecule has 0 atom stereocenters. The van der Waals surface area contributed by atoms with E-state index in [1.165, 1.54) is 12.3 Å². The zero-order chi connectivity index (χ0) is 14.8. The van der Waals surface area contributed by atoms with E-state index in [0.29, 0.717) is 6.54 Å². The minimum Gasteiger partial charge on any atom is -0.307 e. The van der Waals surface area contributed by atoms with E-state index in [9.17, 15) is 8.42 Å². The summed E-state index contributed by atoms with van der Waals surface area (Å²) in [5.74, 6) is 5.45. The van der Waals surface area contributed by atoms with Crippen LogP contribution < -0.4 is 16.0 Å². The molecule has 0 spiro atoms. The molecule has 0 aliphatic heterocycles. The fraction of sp³-hybridized carbons (Fsp3) is 0.583. The minimum absolute atomic E-state index is 0.0498. The minimum atomic E-state index is -3.58. The molecular weight excluding hydrogens is 300 g/mol.